The Labute approximate surface area is 349 Å². The van der Waals surface area contributed by atoms with E-state index in [-0.39, 0.29) is 12.5 Å². The van der Waals surface area contributed by atoms with Gasteiger partial charge in [-0.05, 0) is 44.9 Å². The van der Waals surface area contributed by atoms with Crippen molar-refractivity contribution in [3.8, 4) is 0 Å². The van der Waals surface area contributed by atoms with Crippen LogP contribution >= 0.6 is 0 Å². The Morgan fingerprint density at radius 1 is 0.579 bits per heavy atom. The first kappa shape index (κ1) is 53.7. The highest BCUT2D eigenvalue weighted by Crippen LogP contribution is 2.23. The molecule has 1 aliphatic heterocycles. The van der Waals surface area contributed by atoms with Gasteiger partial charge in [-0.15, -0.1) is 0 Å². The highest BCUT2D eigenvalue weighted by Gasteiger charge is 2.44. The summed E-state index contributed by atoms with van der Waals surface area (Å²) in [5.41, 5.74) is 0. The Morgan fingerprint density at radius 3 is 1.42 bits per heavy atom. The van der Waals surface area contributed by atoms with E-state index in [4.69, 9.17) is 9.47 Å². The fourth-order valence-corrected chi connectivity index (χ4v) is 7.62. The van der Waals surface area contributed by atoms with Gasteiger partial charge in [0.2, 0.25) is 5.91 Å². The van der Waals surface area contributed by atoms with Gasteiger partial charge in [-0.2, -0.15) is 0 Å². The first-order valence-corrected chi connectivity index (χ1v) is 24.1. The lowest BCUT2D eigenvalue weighted by atomic mass is 9.99. The van der Waals surface area contributed by atoms with Crippen LogP contribution in [0.2, 0.25) is 0 Å². The van der Waals surface area contributed by atoms with Crippen LogP contribution in [0.4, 0.5) is 0 Å². The molecule has 1 aliphatic rings. The molecule has 7 atom stereocenters. The van der Waals surface area contributed by atoms with Gasteiger partial charge >= 0.3 is 0 Å². The molecular formula is C48H91NO8. The molecule has 6 N–H and O–H groups in total. The second kappa shape index (κ2) is 38.8. The molecule has 0 aliphatic carbocycles. The van der Waals surface area contributed by atoms with Crippen molar-refractivity contribution in [2.75, 3.05) is 13.2 Å². The summed E-state index contributed by atoms with van der Waals surface area (Å²) in [4.78, 5) is 13.0. The van der Waals surface area contributed by atoms with Gasteiger partial charge in [0.1, 0.15) is 24.4 Å². The summed E-state index contributed by atoms with van der Waals surface area (Å²) >= 11 is 0. The van der Waals surface area contributed by atoms with E-state index >= 15 is 0 Å². The molecule has 0 aromatic carbocycles. The molecule has 0 spiro atoms. The Kier molecular flexibility index (Phi) is 36.6. The summed E-state index contributed by atoms with van der Waals surface area (Å²) in [6, 6.07) is -0.801. The molecule has 0 aromatic rings. The fraction of sp³-hybridized carbons (Fsp3) is 0.896. The molecule has 2 unspecified atom stereocenters. The topological polar surface area (TPSA) is 149 Å². The molecule has 9 heteroatoms. The quantitative estimate of drug-likeness (QED) is 0.0265. The highest BCUT2D eigenvalue weighted by molar-refractivity contribution is 5.76. The Bertz CT molecular complexity index is 945. The van der Waals surface area contributed by atoms with E-state index in [9.17, 15) is 30.3 Å². The van der Waals surface area contributed by atoms with Crippen molar-refractivity contribution in [3.63, 3.8) is 0 Å². The molecule has 1 fully saturated rings. The fourth-order valence-electron chi connectivity index (χ4n) is 7.62. The molecule has 0 saturated carbocycles. The van der Waals surface area contributed by atoms with E-state index in [0.29, 0.717) is 6.42 Å². The maximum atomic E-state index is 13.0. The van der Waals surface area contributed by atoms with Crippen molar-refractivity contribution in [1.29, 1.82) is 0 Å². The first-order chi connectivity index (χ1) is 27.8. The lowest BCUT2D eigenvalue weighted by Crippen LogP contribution is -2.60. The van der Waals surface area contributed by atoms with Gasteiger partial charge in [0.05, 0.1) is 25.4 Å². The van der Waals surface area contributed by atoms with Crippen LogP contribution in [-0.4, -0.2) is 87.5 Å². The average molecular weight is 810 g/mol. The van der Waals surface area contributed by atoms with Gasteiger partial charge in [-0.25, -0.2) is 0 Å². The second-order valence-electron chi connectivity index (χ2n) is 16.9. The summed E-state index contributed by atoms with van der Waals surface area (Å²) in [5, 5.41) is 54.2. The van der Waals surface area contributed by atoms with E-state index in [1.165, 1.54) is 161 Å². The third-order valence-electron chi connectivity index (χ3n) is 11.5. The van der Waals surface area contributed by atoms with Crippen LogP contribution in [0.1, 0.15) is 219 Å². The van der Waals surface area contributed by atoms with Crippen LogP contribution in [0.25, 0.3) is 0 Å². The zero-order chi connectivity index (χ0) is 41.6. The molecule has 336 valence electrons. The van der Waals surface area contributed by atoms with Crippen molar-refractivity contribution < 1.29 is 39.8 Å². The zero-order valence-corrected chi connectivity index (χ0v) is 36.9. The van der Waals surface area contributed by atoms with Gasteiger partial charge in [0.25, 0.3) is 0 Å². The summed E-state index contributed by atoms with van der Waals surface area (Å²) in [6.45, 7) is 3.77. The van der Waals surface area contributed by atoms with Gasteiger partial charge in [0.15, 0.2) is 6.29 Å². The minimum Gasteiger partial charge on any atom is -0.394 e. The van der Waals surface area contributed by atoms with Crippen molar-refractivity contribution in [3.05, 3.63) is 24.3 Å². The SMILES string of the molecule is CCCCCCCC/C=C\CCCCCCCCCCCCCC(=O)NC(CO[C@@H]1O[C@H](CO)[C@H](O)[C@H](O)[C@H]1O)C(O)/C=C/CCCCCCCCCCCCC. The molecule has 1 heterocycles. The smallest absolute Gasteiger partial charge is 0.220 e. The maximum absolute atomic E-state index is 13.0. The van der Waals surface area contributed by atoms with Crippen molar-refractivity contribution in [2.45, 2.75) is 262 Å². The van der Waals surface area contributed by atoms with E-state index < -0.39 is 49.5 Å². The predicted molar refractivity (Wildman–Crippen MR) is 235 cm³/mol. The number of aliphatic hydroxyl groups is 5. The number of aliphatic hydroxyl groups excluding tert-OH is 5. The number of carbonyl (C=O) groups excluding carboxylic acids is 1. The van der Waals surface area contributed by atoms with E-state index in [1.54, 1.807) is 6.08 Å². The number of carbonyl (C=O) groups is 1. The minimum absolute atomic E-state index is 0.177. The summed E-state index contributed by atoms with van der Waals surface area (Å²) in [6.07, 6.45) is 39.3. The third kappa shape index (κ3) is 29.5. The van der Waals surface area contributed by atoms with Crippen LogP contribution in [0.3, 0.4) is 0 Å². The number of hydrogen-bond donors (Lipinski definition) is 6. The summed E-state index contributed by atoms with van der Waals surface area (Å²) in [5.74, 6) is -0.177. The Morgan fingerprint density at radius 2 is 0.982 bits per heavy atom. The molecular weight excluding hydrogens is 719 g/mol. The van der Waals surface area contributed by atoms with Crippen LogP contribution in [0.15, 0.2) is 24.3 Å². The summed E-state index contributed by atoms with van der Waals surface area (Å²) in [7, 11) is 0. The lowest BCUT2D eigenvalue weighted by molar-refractivity contribution is -0.302. The number of allylic oxidation sites excluding steroid dienone is 3. The number of amides is 1. The first-order valence-electron chi connectivity index (χ1n) is 24.1. The molecule has 0 radical (unpaired) electrons. The second-order valence-corrected chi connectivity index (χ2v) is 16.9. The van der Waals surface area contributed by atoms with Crippen molar-refractivity contribution in [1.82, 2.24) is 5.32 Å². The molecule has 1 saturated heterocycles. The van der Waals surface area contributed by atoms with Crippen LogP contribution in [0.5, 0.6) is 0 Å². The third-order valence-corrected chi connectivity index (χ3v) is 11.5. The lowest BCUT2D eigenvalue weighted by Gasteiger charge is -2.40. The zero-order valence-electron chi connectivity index (χ0n) is 36.9. The molecule has 9 nitrogen and oxygen atoms in total. The molecule has 1 rings (SSSR count). The van der Waals surface area contributed by atoms with Crippen LogP contribution < -0.4 is 5.32 Å². The maximum Gasteiger partial charge on any atom is 0.220 e. The number of rotatable bonds is 40. The average Bonchev–Trinajstić information content (AvgIpc) is 3.21. The number of ether oxygens (including phenoxy) is 2. The van der Waals surface area contributed by atoms with Gasteiger partial charge in [-0.1, -0.05) is 192 Å². The molecule has 1 amide bonds. The van der Waals surface area contributed by atoms with Crippen molar-refractivity contribution in [2.24, 2.45) is 0 Å². The number of hydrogen-bond acceptors (Lipinski definition) is 8. The van der Waals surface area contributed by atoms with Crippen molar-refractivity contribution >= 4 is 5.91 Å². The highest BCUT2D eigenvalue weighted by atomic mass is 16.7. The normalized spacial score (nSPS) is 21.1. The Hall–Kier alpha value is -1.33. The molecule has 57 heavy (non-hydrogen) atoms. The van der Waals surface area contributed by atoms with E-state index in [2.05, 4.69) is 31.3 Å². The van der Waals surface area contributed by atoms with Gasteiger partial charge < -0.3 is 40.3 Å². The minimum atomic E-state index is -1.56. The van der Waals surface area contributed by atoms with E-state index in [0.717, 1.165) is 38.5 Å². The van der Waals surface area contributed by atoms with Gasteiger partial charge in [-0.3, -0.25) is 4.79 Å². The van der Waals surface area contributed by atoms with E-state index in [1.807, 2.05) is 6.08 Å². The Balaban J connectivity index is 2.29. The number of nitrogens with one attached hydrogen (secondary N) is 1. The molecule has 0 aromatic heterocycles. The van der Waals surface area contributed by atoms with Gasteiger partial charge in [0, 0.05) is 6.42 Å². The number of unbranched alkanes of at least 4 members (excludes halogenated alkanes) is 28. The monoisotopic (exact) mass is 810 g/mol. The largest absolute Gasteiger partial charge is 0.394 e. The van der Waals surface area contributed by atoms with Crippen LogP contribution in [-0.2, 0) is 14.3 Å². The molecule has 0 bridgehead atoms. The standard InChI is InChI=1S/C48H91NO8/c1-3-5-7-9-11-13-15-17-18-19-20-21-22-23-24-26-28-30-32-34-36-38-44(52)49-41(40-56-48-47(55)46(54)45(53)43(39-50)57-48)42(51)37-35-33-31-29-27-25-16-14-12-10-8-6-4-2/h17-18,35,37,41-43,45-48,50-51,53-55H,3-16,19-34,36,38-40H2,1-2H3,(H,49,52)/b18-17-,37-35+/t41?,42?,43-,45+,46+,47-,48-/m1/s1. The summed E-state index contributed by atoms with van der Waals surface area (Å²) < 4.78 is 11.2. The predicted octanol–water partition coefficient (Wildman–Crippen LogP) is 10.3. The van der Waals surface area contributed by atoms with Crippen LogP contribution in [0, 0.1) is 0 Å².